The SMILES string of the molecule is CC/C=C/CCCCCCCCCCC1NC=CN1CCN. The molecule has 22 heavy (non-hydrogen) atoms. The molecule has 0 amide bonds. The summed E-state index contributed by atoms with van der Waals surface area (Å²) in [5.74, 6) is 0. The van der Waals surface area contributed by atoms with Gasteiger partial charge in [0.2, 0.25) is 0 Å². The summed E-state index contributed by atoms with van der Waals surface area (Å²) in [5, 5.41) is 3.42. The smallest absolute Gasteiger partial charge is 0.0981 e. The first-order valence-electron chi connectivity index (χ1n) is 9.42. The van der Waals surface area contributed by atoms with E-state index in [-0.39, 0.29) is 0 Å². The standard InChI is InChI=1S/C19H37N3/c1-2-3-4-5-6-7-8-9-10-11-12-13-14-19-21-16-18-22(19)17-15-20/h3-4,16,18-19,21H,2,5-15,17,20H2,1H3/b4-3+. The van der Waals surface area contributed by atoms with Crippen molar-refractivity contribution in [3.05, 3.63) is 24.6 Å². The zero-order chi connectivity index (χ0) is 15.9. The number of hydrogen-bond acceptors (Lipinski definition) is 3. The lowest BCUT2D eigenvalue weighted by Crippen LogP contribution is -2.37. The fourth-order valence-corrected chi connectivity index (χ4v) is 3.02. The maximum absolute atomic E-state index is 5.63. The van der Waals surface area contributed by atoms with Gasteiger partial charge in [-0.1, -0.05) is 57.6 Å². The highest BCUT2D eigenvalue weighted by Crippen LogP contribution is 2.14. The molecule has 1 rings (SSSR count). The third-order valence-electron chi connectivity index (χ3n) is 4.34. The summed E-state index contributed by atoms with van der Waals surface area (Å²) in [6.45, 7) is 3.89. The molecule has 1 aliphatic rings. The molecule has 3 nitrogen and oxygen atoms in total. The maximum Gasteiger partial charge on any atom is 0.0981 e. The predicted octanol–water partition coefficient (Wildman–Crippen LogP) is 4.51. The van der Waals surface area contributed by atoms with Crippen LogP contribution < -0.4 is 11.1 Å². The lowest BCUT2D eigenvalue weighted by atomic mass is 10.1. The summed E-state index contributed by atoms with van der Waals surface area (Å²) >= 11 is 0. The Labute approximate surface area is 138 Å². The van der Waals surface area contributed by atoms with Crippen LogP contribution in [-0.2, 0) is 0 Å². The van der Waals surface area contributed by atoms with E-state index in [9.17, 15) is 0 Å². The molecule has 128 valence electrons. The fraction of sp³-hybridized carbons (Fsp3) is 0.789. The van der Waals surface area contributed by atoms with E-state index in [1.807, 2.05) is 0 Å². The molecule has 0 aromatic heterocycles. The van der Waals surface area contributed by atoms with Gasteiger partial charge < -0.3 is 16.0 Å². The van der Waals surface area contributed by atoms with Gasteiger partial charge in [0.1, 0.15) is 0 Å². The van der Waals surface area contributed by atoms with Gasteiger partial charge in [-0.15, -0.1) is 0 Å². The van der Waals surface area contributed by atoms with Crippen molar-refractivity contribution >= 4 is 0 Å². The molecule has 0 aromatic rings. The number of allylic oxidation sites excluding steroid dienone is 2. The molecule has 1 aliphatic heterocycles. The lowest BCUT2D eigenvalue weighted by Gasteiger charge is -2.25. The van der Waals surface area contributed by atoms with Crippen LogP contribution in [0.5, 0.6) is 0 Å². The van der Waals surface area contributed by atoms with Gasteiger partial charge in [0.05, 0.1) is 6.17 Å². The third-order valence-corrected chi connectivity index (χ3v) is 4.34. The van der Waals surface area contributed by atoms with Crippen molar-refractivity contribution in [2.45, 2.75) is 83.7 Å². The van der Waals surface area contributed by atoms with E-state index in [0.29, 0.717) is 6.17 Å². The molecule has 0 aromatic carbocycles. The minimum absolute atomic E-state index is 0.486. The Morgan fingerprint density at radius 3 is 2.36 bits per heavy atom. The molecule has 0 fully saturated rings. The second-order valence-corrected chi connectivity index (χ2v) is 6.31. The van der Waals surface area contributed by atoms with Crippen LogP contribution in [0.1, 0.15) is 77.6 Å². The number of nitrogens with one attached hydrogen (secondary N) is 1. The number of rotatable bonds is 14. The quantitative estimate of drug-likeness (QED) is 0.366. The predicted molar refractivity (Wildman–Crippen MR) is 97.4 cm³/mol. The molecular weight excluding hydrogens is 270 g/mol. The van der Waals surface area contributed by atoms with E-state index < -0.39 is 0 Å². The average Bonchev–Trinajstić information content (AvgIpc) is 2.96. The van der Waals surface area contributed by atoms with Crippen LogP contribution in [0, 0.1) is 0 Å². The summed E-state index contributed by atoms with van der Waals surface area (Å²) in [7, 11) is 0. The maximum atomic E-state index is 5.63. The Morgan fingerprint density at radius 1 is 1.00 bits per heavy atom. The minimum Gasteiger partial charge on any atom is -0.370 e. The van der Waals surface area contributed by atoms with Gasteiger partial charge in [0, 0.05) is 25.5 Å². The highest BCUT2D eigenvalue weighted by atomic mass is 15.3. The van der Waals surface area contributed by atoms with Gasteiger partial charge >= 0.3 is 0 Å². The summed E-state index contributed by atoms with van der Waals surface area (Å²) in [4.78, 5) is 2.33. The molecule has 0 saturated heterocycles. The van der Waals surface area contributed by atoms with Gasteiger partial charge in [0.25, 0.3) is 0 Å². The first-order valence-corrected chi connectivity index (χ1v) is 9.42. The van der Waals surface area contributed by atoms with Crippen molar-refractivity contribution in [1.82, 2.24) is 10.2 Å². The fourth-order valence-electron chi connectivity index (χ4n) is 3.02. The molecular formula is C19H37N3. The Kier molecular flexibility index (Phi) is 11.9. The zero-order valence-electron chi connectivity index (χ0n) is 14.6. The van der Waals surface area contributed by atoms with Crippen LogP contribution >= 0.6 is 0 Å². The molecule has 3 N–H and O–H groups in total. The van der Waals surface area contributed by atoms with Gasteiger partial charge in [-0.05, 0) is 32.1 Å². The van der Waals surface area contributed by atoms with E-state index in [1.54, 1.807) is 0 Å². The van der Waals surface area contributed by atoms with Crippen LogP contribution in [0.15, 0.2) is 24.6 Å². The lowest BCUT2D eigenvalue weighted by molar-refractivity contribution is 0.264. The Balaban J connectivity index is 1.83. The van der Waals surface area contributed by atoms with Crippen LogP contribution in [0.3, 0.4) is 0 Å². The summed E-state index contributed by atoms with van der Waals surface area (Å²) in [6, 6.07) is 0. The number of nitrogens with zero attached hydrogens (tertiary/aromatic N) is 1. The average molecular weight is 308 g/mol. The number of unbranched alkanes of at least 4 members (excludes halogenated alkanes) is 8. The van der Waals surface area contributed by atoms with E-state index in [4.69, 9.17) is 5.73 Å². The van der Waals surface area contributed by atoms with Crippen molar-refractivity contribution in [2.24, 2.45) is 5.73 Å². The monoisotopic (exact) mass is 307 g/mol. The first kappa shape index (κ1) is 19.1. The molecule has 0 radical (unpaired) electrons. The van der Waals surface area contributed by atoms with Crippen molar-refractivity contribution in [2.75, 3.05) is 13.1 Å². The second-order valence-electron chi connectivity index (χ2n) is 6.31. The van der Waals surface area contributed by atoms with Crippen LogP contribution in [0.25, 0.3) is 0 Å². The second kappa shape index (κ2) is 13.7. The van der Waals surface area contributed by atoms with Crippen molar-refractivity contribution in [3.8, 4) is 0 Å². The Bertz CT molecular complexity index is 299. The molecule has 0 bridgehead atoms. The molecule has 1 unspecified atom stereocenters. The normalized spacial score (nSPS) is 17.5. The molecule has 0 saturated carbocycles. The molecule has 1 heterocycles. The van der Waals surface area contributed by atoms with E-state index in [1.165, 1.54) is 70.6 Å². The molecule has 0 spiro atoms. The highest BCUT2D eigenvalue weighted by molar-refractivity contribution is 4.94. The Hall–Kier alpha value is -0.960. The summed E-state index contributed by atoms with van der Waals surface area (Å²) in [6.07, 6.45) is 24.1. The zero-order valence-corrected chi connectivity index (χ0v) is 14.6. The van der Waals surface area contributed by atoms with Crippen LogP contribution in [-0.4, -0.2) is 24.2 Å². The van der Waals surface area contributed by atoms with Crippen LogP contribution in [0.4, 0.5) is 0 Å². The molecule has 0 aliphatic carbocycles. The van der Waals surface area contributed by atoms with Gasteiger partial charge in [-0.2, -0.15) is 0 Å². The van der Waals surface area contributed by atoms with Crippen LogP contribution in [0.2, 0.25) is 0 Å². The highest BCUT2D eigenvalue weighted by Gasteiger charge is 2.16. The third kappa shape index (κ3) is 9.14. The van der Waals surface area contributed by atoms with Gasteiger partial charge in [-0.3, -0.25) is 0 Å². The van der Waals surface area contributed by atoms with Gasteiger partial charge in [-0.25, -0.2) is 0 Å². The van der Waals surface area contributed by atoms with Crippen molar-refractivity contribution in [3.63, 3.8) is 0 Å². The number of hydrogen-bond donors (Lipinski definition) is 2. The van der Waals surface area contributed by atoms with Crippen molar-refractivity contribution in [1.29, 1.82) is 0 Å². The summed E-state index contributed by atoms with van der Waals surface area (Å²) in [5.41, 5.74) is 5.63. The largest absolute Gasteiger partial charge is 0.370 e. The summed E-state index contributed by atoms with van der Waals surface area (Å²) < 4.78 is 0. The molecule has 1 atom stereocenters. The first-order chi connectivity index (χ1) is 10.9. The minimum atomic E-state index is 0.486. The van der Waals surface area contributed by atoms with E-state index in [0.717, 1.165) is 13.1 Å². The Morgan fingerprint density at radius 2 is 1.68 bits per heavy atom. The molecule has 3 heteroatoms. The van der Waals surface area contributed by atoms with Gasteiger partial charge in [0.15, 0.2) is 0 Å². The van der Waals surface area contributed by atoms with E-state index in [2.05, 4.69) is 41.7 Å². The van der Waals surface area contributed by atoms with Crippen molar-refractivity contribution < 1.29 is 0 Å². The number of nitrogens with two attached hydrogens (primary N) is 1. The van der Waals surface area contributed by atoms with E-state index >= 15 is 0 Å². The topological polar surface area (TPSA) is 41.3 Å².